The molecule has 7 nitrogen and oxygen atoms in total. The second kappa shape index (κ2) is 14.1. The molecule has 224 valence electrons. The van der Waals surface area contributed by atoms with Crippen molar-refractivity contribution < 1.29 is 18.0 Å². The second-order valence-corrected chi connectivity index (χ2v) is 13.7. The smallest absolute Gasteiger partial charge is 0.264 e. The number of carbonyl (C=O) groups is 2. The largest absolute Gasteiger partial charge is 0.352 e. The predicted octanol–water partition coefficient (Wildman–Crippen LogP) is 7.02. The number of anilines is 1. The summed E-state index contributed by atoms with van der Waals surface area (Å²) in [7, 11) is -4.20. The van der Waals surface area contributed by atoms with Gasteiger partial charge in [0.25, 0.3) is 10.0 Å². The molecule has 1 fully saturated rings. The van der Waals surface area contributed by atoms with Crippen LogP contribution in [-0.2, 0) is 26.2 Å². The minimum atomic E-state index is -4.20. The fraction of sp³-hybridized carbons (Fsp3) is 0.355. The third kappa shape index (κ3) is 7.78. The molecule has 2 amide bonds. The van der Waals surface area contributed by atoms with Gasteiger partial charge in [-0.05, 0) is 69.2 Å². The molecule has 0 saturated heterocycles. The third-order valence-corrected chi connectivity index (χ3v) is 10.2. The van der Waals surface area contributed by atoms with Gasteiger partial charge in [-0.15, -0.1) is 0 Å². The van der Waals surface area contributed by atoms with E-state index in [1.165, 1.54) is 23.1 Å². The van der Waals surface area contributed by atoms with E-state index in [-0.39, 0.29) is 29.1 Å². The lowest BCUT2D eigenvalue weighted by molar-refractivity contribution is -0.139. The van der Waals surface area contributed by atoms with Crippen LogP contribution >= 0.6 is 34.8 Å². The molecule has 4 rings (SSSR count). The van der Waals surface area contributed by atoms with Gasteiger partial charge in [-0.2, -0.15) is 0 Å². The van der Waals surface area contributed by atoms with Crippen LogP contribution in [0.15, 0.2) is 71.6 Å². The Kier molecular flexibility index (Phi) is 10.8. The maximum absolute atomic E-state index is 14.1. The average molecular weight is 651 g/mol. The molecule has 0 heterocycles. The number of amides is 2. The van der Waals surface area contributed by atoms with Gasteiger partial charge in [-0.3, -0.25) is 13.9 Å². The molecule has 11 heteroatoms. The molecule has 3 aromatic carbocycles. The highest BCUT2D eigenvalue weighted by atomic mass is 35.5. The van der Waals surface area contributed by atoms with Gasteiger partial charge in [0.05, 0.1) is 10.6 Å². The Balaban J connectivity index is 1.71. The fourth-order valence-corrected chi connectivity index (χ4v) is 7.11. The average Bonchev–Trinajstić information content (AvgIpc) is 2.96. The van der Waals surface area contributed by atoms with Gasteiger partial charge in [-0.25, -0.2) is 8.42 Å². The molecule has 0 aromatic heterocycles. The monoisotopic (exact) mass is 649 g/mol. The van der Waals surface area contributed by atoms with Crippen LogP contribution < -0.4 is 9.62 Å². The van der Waals surface area contributed by atoms with Gasteiger partial charge in [0.1, 0.15) is 12.6 Å². The number of halogens is 3. The topological polar surface area (TPSA) is 86.8 Å². The zero-order chi connectivity index (χ0) is 30.4. The Morgan fingerprint density at radius 2 is 1.55 bits per heavy atom. The number of nitrogens with zero attached hydrogens (tertiary/aromatic N) is 2. The third-order valence-electron chi connectivity index (χ3n) is 7.49. The quantitative estimate of drug-likeness (QED) is 0.256. The van der Waals surface area contributed by atoms with Crippen LogP contribution in [0.4, 0.5) is 5.69 Å². The molecule has 3 aromatic rings. The molecule has 0 spiro atoms. The summed E-state index contributed by atoms with van der Waals surface area (Å²) in [5.74, 6) is -0.929. The predicted molar refractivity (Wildman–Crippen MR) is 169 cm³/mol. The standard InChI is InChI=1S/C31H34Cl3N3O4S/c1-21-14-16-26(17-15-21)42(40,41)37(25-11-6-8-23(32)18-25)20-30(38)36(19-27-28(33)12-7-13-29(27)34)22(2)31(39)35-24-9-4-3-5-10-24/h6-8,11-18,22,24H,3-5,9-10,19-20H2,1-2H3,(H,35,39)/t22-/m1/s1. The molecule has 1 aliphatic carbocycles. The normalized spacial score (nSPS) is 14.7. The van der Waals surface area contributed by atoms with E-state index in [1.54, 1.807) is 55.5 Å². The molecule has 1 saturated carbocycles. The molecule has 0 unspecified atom stereocenters. The van der Waals surface area contributed by atoms with E-state index in [9.17, 15) is 18.0 Å². The maximum Gasteiger partial charge on any atom is 0.264 e. The molecular weight excluding hydrogens is 617 g/mol. The highest BCUT2D eigenvalue weighted by molar-refractivity contribution is 7.92. The van der Waals surface area contributed by atoms with Crippen molar-refractivity contribution in [3.8, 4) is 0 Å². The van der Waals surface area contributed by atoms with Crippen molar-refractivity contribution in [1.29, 1.82) is 0 Å². The summed E-state index contributed by atoms with van der Waals surface area (Å²) in [6.07, 6.45) is 4.94. The van der Waals surface area contributed by atoms with Crippen LogP contribution in [-0.4, -0.2) is 43.8 Å². The minimum Gasteiger partial charge on any atom is -0.352 e. The van der Waals surface area contributed by atoms with E-state index in [1.807, 2.05) is 6.92 Å². The number of benzene rings is 3. The molecule has 0 radical (unpaired) electrons. The number of nitrogens with one attached hydrogen (secondary N) is 1. The zero-order valence-electron chi connectivity index (χ0n) is 23.5. The van der Waals surface area contributed by atoms with Crippen molar-refractivity contribution in [2.24, 2.45) is 0 Å². The lowest BCUT2D eigenvalue weighted by Gasteiger charge is -2.33. The Bertz CT molecular complexity index is 1510. The summed E-state index contributed by atoms with van der Waals surface area (Å²) in [5.41, 5.74) is 1.56. The second-order valence-electron chi connectivity index (χ2n) is 10.5. The lowest BCUT2D eigenvalue weighted by Crippen LogP contribution is -2.53. The van der Waals surface area contributed by atoms with Gasteiger partial charge < -0.3 is 10.2 Å². The van der Waals surface area contributed by atoms with Crippen LogP contribution in [0, 0.1) is 6.92 Å². The lowest BCUT2D eigenvalue weighted by atomic mass is 9.95. The number of rotatable bonds is 10. The van der Waals surface area contributed by atoms with E-state index in [0.717, 1.165) is 42.0 Å². The number of hydrogen-bond donors (Lipinski definition) is 1. The fourth-order valence-electron chi connectivity index (χ4n) is 5.00. The van der Waals surface area contributed by atoms with Crippen molar-refractivity contribution in [1.82, 2.24) is 10.2 Å². The summed E-state index contributed by atoms with van der Waals surface area (Å²) in [6.45, 7) is 2.80. The number of carbonyl (C=O) groups excluding carboxylic acids is 2. The van der Waals surface area contributed by atoms with Crippen LogP contribution in [0.5, 0.6) is 0 Å². The highest BCUT2D eigenvalue weighted by Crippen LogP contribution is 2.29. The van der Waals surface area contributed by atoms with E-state index in [0.29, 0.717) is 20.6 Å². The molecule has 42 heavy (non-hydrogen) atoms. The Hall–Kier alpha value is -2.78. The van der Waals surface area contributed by atoms with Crippen LogP contribution in [0.2, 0.25) is 15.1 Å². The van der Waals surface area contributed by atoms with Crippen molar-refractivity contribution >= 4 is 62.3 Å². The van der Waals surface area contributed by atoms with Crippen LogP contribution in [0.25, 0.3) is 0 Å². The molecule has 0 aliphatic heterocycles. The van der Waals surface area contributed by atoms with E-state index >= 15 is 0 Å². The van der Waals surface area contributed by atoms with E-state index < -0.39 is 28.5 Å². The highest BCUT2D eigenvalue weighted by Gasteiger charge is 2.34. The van der Waals surface area contributed by atoms with Crippen molar-refractivity contribution in [2.75, 3.05) is 10.8 Å². The van der Waals surface area contributed by atoms with Gasteiger partial charge in [-0.1, -0.05) is 83.9 Å². The first-order chi connectivity index (χ1) is 20.0. The Morgan fingerprint density at radius 1 is 0.929 bits per heavy atom. The van der Waals surface area contributed by atoms with Gasteiger partial charge in [0, 0.05) is 33.2 Å². The molecule has 1 N–H and O–H groups in total. The van der Waals surface area contributed by atoms with Crippen molar-refractivity contribution in [3.63, 3.8) is 0 Å². The Morgan fingerprint density at radius 3 is 2.17 bits per heavy atom. The van der Waals surface area contributed by atoms with Gasteiger partial charge in [0.15, 0.2) is 0 Å². The molecule has 0 bridgehead atoms. The molecule has 1 atom stereocenters. The molecular formula is C31H34Cl3N3O4S. The SMILES string of the molecule is Cc1ccc(S(=O)(=O)N(CC(=O)N(Cc2c(Cl)cccc2Cl)[C@H](C)C(=O)NC2CCCCC2)c2cccc(Cl)c2)cc1. The summed E-state index contributed by atoms with van der Waals surface area (Å²) in [5, 5.41) is 4.05. The minimum absolute atomic E-state index is 0.0182. The first kappa shape index (κ1) is 32.1. The Labute approximate surface area is 262 Å². The number of aryl methyl sites for hydroxylation is 1. The van der Waals surface area contributed by atoms with Gasteiger partial charge in [0.2, 0.25) is 11.8 Å². The first-order valence-electron chi connectivity index (χ1n) is 13.8. The van der Waals surface area contributed by atoms with Crippen molar-refractivity contribution in [3.05, 3.63) is 92.9 Å². The van der Waals surface area contributed by atoms with Crippen LogP contribution in [0.3, 0.4) is 0 Å². The summed E-state index contributed by atoms with van der Waals surface area (Å²) >= 11 is 19.1. The number of sulfonamides is 1. The summed E-state index contributed by atoms with van der Waals surface area (Å²) in [6, 6.07) is 16.7. The summed E-state index contributed by atoms with van der Waals surface area (Å²) in [4.78, 5) is 28.9. The van der Waals surface area contributed by atoms with E-state index in [4.69, 9.17) is 34.8 Å². The zero-order valence-corrected chi connectivity index (χ0v) is 26.6. The van der Waals surface area contributed by atoms with E-state index in [2.05, 4.69) is 5.32 Å². The first-order valence-corrected chi connectivity index (χ1v) is 16.4. The molecule has 1 aliphatic rings. The number of hydrogen-bond acceptors (Lipinski definition) is 4. The van der Waals surface area contributed by atoms with Crippen LogP contribution in [0.1, 0.15) is 50.2 Å². The maximum atomic E-state index is 14.1. The summed E-state index contributed by atoms with van der Waals surface area (Å²) < 4.78 is 28.9. The van der Waals surface area contributed by atoms with Crippen molar-refractivity contribution in [2.45, 2.75) is 69.5 Å². The van der Waals surface area contributed by atoms with Gasteiger partial charge >= 0.3 is 0 Å².